The van der Waals surface area contributed by atoms with Gasteiger partial charge in [-0.2, -0.15) is 0 Å². The highest BCUT2D eigenvalue weighted by Crippen LogP contribution is 2.30. The molecule has 0 fully saturated rings. The van der Waals surface area contributed by atoms with Crippen molar-refractivity contribution in [1.82, 2.24) is 14.5 Å². The van der Waals surface area contributed by atoms with Gasteiger partial charge in [0.15, 0.2) is 5.82 Å². The van der Waals surface area contributed by atoms with Crippen LogP contribution in [0.25, 0.3) is 11.0 Å². The Kier molecular flexibility index (Phi) is 4.22. The third-order valence-electron chi connectivity index (χ3n) is 3.50. The molecule has 110 valence electrons. The molecule has 0 bridgehead atoms. The first kappa shape index (κ1) is 14.5. The van der Waals surface area contributed by atoms with Gasteiger partial charge >= 0.3 is 0 Å². The summed E-state index contributed by atoms with van der Waals surface area (Å²) in [6.45, 7) is 2.10. The van der Waals surface area contributed by atoms with Crippen LogP contribution in [0.3, 0.4) is 0 Å². The van der Waals surface area contributed by atoms with Crippen molar-refractivity contribution in [2.24, 2.45) is 0 Å². The Morgan fingerprint density at radius 2 is 2.29 bits per heavy atom. The minimum absolute atomic E-state index is 0.0648. The van der Waals surface area contributed by atoms with E-state index in [1.807, 2.05) is 11.4 Å². The quantitative estimate of drug-likeness (QED) is 0.651. The van der Waals surface area contributed by atoms with E-state index in [1.165, 1.54) is 6.07 Å². The highest BCUT2D eigenvalue weighted by molar-refractivity contribution is 7.09. The van der Waals surface area contributed by atoms with Gasteiger partial charge in [-0.3, -0.25) is 0 Å². The van der Waals surface area contributed by atoms with E-state index in [9.17, 15) is 4.39 Å². The van der Waals surface area contributed by atoms with Crippen LogP contribution in [-0.2, 0) is 6.42 Å². The van der Waals surface area contributed by atoms with Crippen LogP contribution in [0.5, 0.6) is 0 Å². The second-order valence-corrected chi connectivity index (χ2v) is 6.04. The van der Waals surface area contributed by atoms with Gasteiger partial charge in [0.1, 0.15) is 16.3 Å². The number of rotatable bonds is 5. The van der Waals surface area contributed by atoms with Crippen molar-refractivity contribution in [3.8, 4) is 0 Å². The van der Waals surface area contributed by atoms with Gasteiger partial charge in [0.2, 0.25) is 0 Å². The van der Waals surface area contributed by atoms with Gasteiger partial charge in [0.05, 0.1) is 11.6 Å². The summed E-state index contributed by atoms with van der Waals surface area (Å²) in [5.74, 6) is 0.974. The average molecular weight is 324 g/mol. The molecule has 0 spiro atoms. The van der Waals surface area contributed by atoms with Gasteiger partial charge in [0, 0.05) is 23.9 Å². The number of imidazole rings is 1. The lowest BCUT2D eigenvalue weighted by Crippen LogP contribution is -2.13. The number of para-hydroxylation sites is 1. The number of nitrogens with zero attached hydrogens (tertiary/aromatic N) is 3. The fourth-order valence-corrected chi connectivity index (χ4v) is 3.59. The number of hydrogen-bond acceptors (Lipinski definition) is 3. The molecule has 3 rings (SSSR count). The van der Waals surface area contributed by atoms with Crippen LogP contribution in [0.15, 0.2) is 29.8 Å². The van der Waals surface area contributed by atoms with Crippen molar-refractivity contribution in [3.05, 3.63) is 46.4 Å². The van der Waals surface area contributed by atoms with Crippen LogP contribution in [0.2, 0.25) is 0 Å². The van der Waals surface area contributed by atoms with Gasteiger partial charge in [-0.1, -0.05) is 13.0 Å². The summed E-state index contributed by atoms with van der Waals surface area (Å²) in [5, 5.41) is 2.97. The monoisotopic (exact) mass is 323 g/mol. The lowest BCUT2D eigenvalue weighted by molar-refractivity contribution is 0.555. The largest absolute Gasteiger partial charge is 0.318 e. The molecule has 0 saturated heterocycles. The number of halogens is 2. The summed E-state index contributed by atoms with van der Waals surface area (Å²) in [5.41, 5.74) is 1.21. The van der Waals surface area contributed by atoms with E-state index >= 15 is 0 Å². The summed E-state index contributed by atoms with van der Waals surface area (Å²) >= 11 is 7.49. The summed E-state index contributed by atoms with van der Waals surface area (Å²) in [7, 11) is 0. The smallest absolute Gasteiger partial charge is 0.151 e. The molecule has 0 aliphatic carbocycles. The van der Waals surface area contributed by atoms with Crippen molar-refractivity contribution < 1.29 is 4.39 Å². The van der Waals surface area contributed by atoms with Gasteiger partial charge < -0.3 is 4.57 Å². The van der Waals surface area contributed by atoms with Crippen LogP contribution in [-0.4, -0.2) is 20.4 Å². The van der Waals surface area contributed by atoms with Crippen molar-refractivity contribution in [3.63, 3.8) is 0 Å². The molecular weight excluding hydrogens is 309 g/mol. The van der Waals surface area contributed by atoms with Crippen molar-refractivity contribution in [2.45, 2.75) is 25.8 Å². The first-order valence-corrected chi connectivity index (χ1v) is 8.28. The first-order valence-electron chi connectivity index (χ1n) is 6.87. The number of fused-ring (bicyclic) bond motifs is 1. The minimum atomic E-state index is -0.295. The molecule has 21 heavy (non-hydrogen) atoms. The lowest BCUT2D eigenvalue weighted by atomic mass is 10.2. The molecule has 0 radical (unpaired) electrons. The summed E-state index contributed by atoms with van der Waals surface area (Å²) in [6, 6.07) is 5.12. The number of aryl methyl sites for hydroxylation is 1. The van der Waals surface area contributed by atoms with E-state index in [1.54, 1.807) is 23.6 Å². The molecule has 0 N–H and O–H groups in total. The molecule has 6 heteroatoms. The minimum Gasteiger partial charge on any atom is -0.318 e. The Bertz CT molecular complexity index is 739. The zero-order valence-electron chi connectivity index (χ0n) is 11.6. The normalized spacial score (nSPS) is 12.9. The molecule has 1 aromatic carbocycles. The van der Waals surface area contributed by atoms with Crippen LogP contribution < -0.4 is 0 Å². The van der Waals surface area contributed by atoms with Crippen LogP contribution in [0, 0.1) is 5.82 Å². The highest BCUT2D eigenvalue weighted by Gasteiger charge is 2.22. The highest BCUT2D eigenvalue weighted by atomic mass is 35.5. The number of benzene rings is 1. The standard InChI is InChI=1S/C15H15ClFN3S/c1-2-11(15-18-8-9-21-15)20-12-5-3-4-10(17)14(12)19-13(20)6-7-16/h3-5,8-9,11H,2,6-7H2,1H3. The SMILES string of the molecule is CCC(c1nccs1)n1c(CCCl)nc2c(F)cccc21. The predicted molar refractivity (Wildman–Crippen MR) is 84.7 cm³/mol. The van der Waals surface area contributed by atoms with E-state index in [2.05, 4.69) is 21.5 Å². The van der Waals surface area contributed by atoms with E-state index in [4.69, 9.17) is 11.6 Å². The van der Waals surface area contributed by atoms with Gasteiger partial charge in [-0.05, 0) is 18.6 Å². The molecule has 0 aliphatic heterocycles. The Morgan fingerprint density at radius 1 is 1.43 bits per heavy atom. The van der Waals surface area contributed by atoms with Crippen LogP contribution in [0.4, 0.5) is 4.39 Å². The van der Waals surface area contributed by atoms with Crippen LogP contribution in [0.1, 0.15) is 30.2 Å². The summed E-state index contributed by atoms with van der Waals surface area (Å²) in [6.07, 6.45) is 3.27. The van der Waals surface area contributed by atoms with Crippen molar-refractivity contribution >= 4 is 34.0 Å². The molecule has 0 aliphatic rings. The maximum absolute atomic E-state index is 14.0. The lowest BCUT2D eigenvalue weighted by Gasteiger charge is -2.18. The fourth-order valence-electron chi connectivity index (χ4n) is 2.61. The topological polar surface area (TPSA) is 30.7 Å². The van der Waals surface area contributed by atoms with Crippen molar-refractivity contribution in [1.29, 1.82) is 0 Å². The van der Waals surface area contributed by atoms with E-state index in [0.29, 0.717) is 17.8 Å². The molecular formula is C15H15ClFN3S. The van der Waals surface area contributed by atoms with E-state index in [0.717, 1.165) is 22.8 Å². The van der Waals surface area contributed by atoms with Gasteiger partial charge in [-0.25, -0.2) is 14.4 Å². The molecule has 1 atom stereocenters. The van der Waals surface area contributed by atoms with Crippen molar-refractivity contribution in [2.75, 3.05) is 5.88 Å². The third-order valence-corrected chi connectivity index (χ3v) is 4.56. The zero-order chi connectivity index (χ0) is 14.8. The number of hydrogen-bond donors (Lipinski definition) is 0. The number of alkyl halides is 1. The first-order chi connectivity index (χ1) is 10.3. The van der Waals surface area contributed by atoms with E-state index < -0.39 is 0 Å². The molecule has 3 aromatic rings. The molecule has 0 amide bonds. The second-order valence-electron chi connectivity index (χ2n) is 4.74. The van der Waals surface area contributed by atoms with Gasteiger partial charge in [0.25, 0.3) is 0 Å². The Labute approximate surface area is 131 Å². The Hall–Kier alpha value is -1.46. The van der Waals surface area contributed by atoms with Gasteiger partial charge in [-0.15, -0.1) is 22.9 Å². The van der Waals surface area contributed by atoms with Crippen LogP contribution >= 0.6 is 22.9 Å². The Morgan fingerprint density at radius 3 is 2.95 bits per heavy atom. The molecule has 2 aromatic heterocycles. The third kappa shape index (κ3) is 2.56. The summed E-state index contributed by atoms with van der Waals surface area (Å²) in [4.78, 5) is 8.88. The second kappa shape index (κ2) is 6.12. The number of thiazole rings is 1. The molecule has 1 unspecified atom stereocenters. The average Bonchev–Trinajstić information content (AvgIpc) is 3.11. The maximum Gasteiger partial charge on any atom is 0.151 e. The molecule has 3 nitrogen and oxygen atoms in total. The molecule has 0 saturated carbocycles. The summed E-state index contributed by atoms with van der Waals surface area (Å²) < 4.78 is 16.1. The molecule has 2 heterocycles. The number of aromatic nitrogens is 3. The Balaban J connectivity index is 2.23. The zero-order valence-corrected chi connectivity index (χ0v) is 13.2. The predicted octanol–water partition coefficient (Wildman–Crippen LogP) is 4.41. The fraction of sp³-hybridized carbons (Fsp3) is 0.333. The maximum atomic E-state index is 14.0. The van der Waals surface area contributed by atoms with E-state index in [-0.39, 0.29) is 11.9 Å².